The largest absolute Gasteiger partial charge is 0.494 e. The summed E-state index contributed by atoms with van der Waals surface area (Å²) in [6.45, 7) is 0.564. The normalized spacial score (nSPS) is 12.1. The first-order valence-corrected chi connectivity index (χ1v) is 10.6. The quantitative estimate of drug-likeness (QED) is 0.431. The number of benzene rings is 2. The van der Waals surface area contributed by atoms with Crippen LogP contribution in [-0.2, 0) is 13.1 Å². The van der Waals surface area contributed by atoms with Crippen molar-refractivity contribution in [1.82, 2.24) is 9.13 Å². The van der Waals surface area contributed by atoms with Crippen molar-refractivity contribution in [2.24, 2.45) is 5.73 Å². The van der Waals surface area contributed by atoms with Crippen LogP contribution >= 0.6 is 0 Å². The van der Waals surface area contributed by atoms with Gasteiger partial charge in [-0.15, -0.1) is 0 Å². The Labute approximate surface area is 197 Å². The van der Waals surface area contributed by atoms with E-state index in [1.807, 2.05) is 0 Å². The summed E-state index contributed by atoms with van der Waals surface area (Å²) < 4.78 is 56.2. The summed E-state index contributed by atoms with van der Waals surface area (Å²) in [4.78, 5) is 26.9. The molecule has 2 heterocycles. The van der Waals surface area contributed by atoms with Gasteiger partial charge in [0.25, 0.3) is 5.56 Å². The summed E-state index contributed by atoms with van der Waals surface area (Å²) in [5.74, 6) is -2.35. The number of hydrogen-bond donors (Lipinski definition) is 1. The minimum atomic E-state index is -0.889. The third-order valence-electron chi connectivity index (χ3n) is 5.81. The van der Waals surface area contributed by atoms with Gasteiger partial charge in [0, 0.05) is 16.8 Å². The molecule has 4 rings (SSSR count). The van der Waals surface area contributed by atoms with Gasteiger partial charge in [-0.2, -0.15) is 0 Å². The van der Waals surface area contributed by atoms with Gasteiger partial charge in [-0.1, -0.05) is 18.2 Å². The number of nitrogens with two attached hydrogens (primary N) is 1. The summed E-state index contributed by atoms with van der Waals surface area (Å²) in [7, 11) is 1.28. The highest BCUT2D eigenvalue weighted by Gasteiger charge is 2.24. The van der Waals surface area contributed by atoms with Crippen molar-refractivity contribution in [3.8, 4) is 16.9 Å². The van der Waals surface area contributed by atoms with Crippen LogP contribution in [0.1, 0.15) is 23.1 Å². The van der Waals surface area contributed by atoms with Crippen LogP contribution in [0, 0.1) is 24.4 Å². The molecule has 0 fully saturated rings. The number of hydrogen-bond acceptors (Lipinski definition) is 5. The van der Waals surface area contributed by atoms with Gasteiger partial charge in [0.15, 0.2) is 11.6 Å². The van der Waals surface area contributed by atoms with Crippen LogP contribution in [0.15, 0.2) is 68.8 Å². The number of halogens is 3. The lowest BCUT2D eigenvalue weighted by molar-refractivity contribution is 0.387. The van der Waals surface area contributed by atoms with Gasteiger partial charge >= 0.3 is 5.69 Å². The summed E-state index contributed by atoms with van der Waals surface area (Å²) in [5, 5.41) is 0. The molecule has 2 aromatic heterocycles. The van der Waals surface area contributed by atoms with Gasteiger partial charge < -0.3 is 14.9 Å². The number of ether oxygens (including phenoxy) is 1. The van der Waals surface area contributed by atoms with E-state index in [9.17, 15) is 18.4 Å². The molecule has 0 aliphatic carbocycles. The predicted molar refractivity (Wildman–Crippen MR) is 123 cm³/mol. The first-order valence-electron chi connectivity index (χ1n) is 10.6. The predicted octanol–water partition coefficient (Wildman–Crippen LogP) is 3.75. The molecule has 4 aromatic rings. The van der Waals surface area contributed by atoms with E-state index < -0.39 is 41.3 Å². The Morgan fingerprint density at radius 1 is 1.00 bits per heavy atom. The smallest absolute Gasteiger partial charge is 0.331 e. The molecule has 0 radical (unpaired) electrons. The van der Waals surface area contributed by atoms with Crippen LogP contribution < -0.4 is 21.7 Å². The Bertz CT molecular complexity index is 1470. The van der Waals surface area contributed by atoms with Crippen LogP contribution in [0.2, 0.25) is 0 Å². The molecule has 2 aromatic carbocycles. The van der Waals surface area contributed by atoms with Crippen molar-refractivity contribution >= 4 is 0 Å². The molecule has 10 heteroatoms. The number of nitrogens with zero attached hydrogens (tertiary/aromatic N) is 2. The molecule has 0 aliphatic heterocycles. The molecule has 0 spiro atoms. The van der Waals surface area contributed by atoms with E-state index in [0.717, 1.165) is 21.3 Å². The molecule has 0 saturated heterocycles. The zero-order valence-electron chi connectivity index (χ0n) is 18.9. The molecule has 1 atom stereocenters. The lowest BCUT2D eigenvalue weighted by Crippen LogP contribution is -2.44. The second kappa shape index (κ2) is 9.67. The molecular formula is C25H22F3N3O4. The molecular weight excluding hydrogens is 463 g/mol. The average molecular weight is 485 g/mol. The van der Waals surface area contributed by atoms with E-state index in [1.54, 1.807) is 12.1 Å². The van der Waals surface area contributed by atoms with Crippen molar-refractivity contribution in [1.29, 1.82) is 0 Å². The number of furan rings is 1. The zero-order chi connectivity index (χ0) is 25.3. The number of methoxy groups -OCH3 is 1. The van der Waals surface area contributed by atoms with Crippen LogP contribution in [0.4, 0.5) is 13.2 Å². The van der Waals surface area contributed by atoms with Crippen LogP contribution in [-0.4, -0.2) is 16.2 Å². The fraction of sp³-hybridized carbons (Fsp3) is 0.200. The monoisotopic (exact) mass is 485 g/mol. The highest BCUT2D eigenvalue weighted by atomic mass is 19.1. The first-order chi connectivity index (χ1) is 16.7. The summed E-state index contributed by atoms with van der Waals surface area (Å²) in [5.41, 5.74) is 3.83. The van der Waals surface area contributed by atoms with Gasteiger partial charge in [0.1, 0.15) is 17.4 Å². The molecule has 7 nitrogen and oxygen atoms in total. The zero-order valence-corrected chi connectivity index (χ0v) is 18.9. The Hall–Kier alpha value is -4.05. The maximum Gasteiger partial charge on any atom is 0.331 e. The molecule has 0 aliphatic rings. The molecule has 0 amide bonds. The fourth-order valence-corrected chi connectivity index (χ4v) is 3.95. The summed E-state index contributed by atoms with van der Waals surface area (Å²) in [6, 6.07) is 9.84. The van der Waals surface area contributed by atoms with Crippen molar-refractivity contribution in [3.63, 3.8) is 0 Å². The Morgan fingerprint density at radius 3 is 2.31 bits per heavy atom. The maximum atomic E-state index is 15.2. The summed E-state index contributed by atoms with van der Waals surface area (Å²) >= 11 is 0. The molecule has 35 heavy (non-hydrogen) atoms. The van der Waals surface area contributed by atoms with Crippen LogP contribution in [0.5, 0.6) is 5.75 Å². The molecule has 0 bridgehead atoms. The first kappa shape index (κ1) is 24.1. The van der Waals surface area contributed by atoms with Crippen LogP contribution in [0.25, 0.3) is 11.1 Å². The number of aromatic nitrogens is 2. The van der Waals surface area contributed by atoms with Crippen molar-refractivity contribution in [3.05, 3.63) is 110 Å². The Balaban J connectivity index is 1.98. The van der Waals surface area contributed by atoms with E-state index in [2.05, 4.69) is 0 Å². The standard InChI is InChI=1S/C25H22F3N3O4/c1-14-22(15-6-3-9-21(34-2)23(15)28)24(32)31(13-19(29)20-10-5-11-35-20)25(33)30(14)12-16-17(26)7-4-8-18(16)27/h3-11,19H,12-13,29H2,1-2H3/t19-/m0/s1. The highest BCUT2D eigenvalue weighted by Crippen LogP contribution is 2.29. The Kier molecular flexibility index (Phi) is 6.65. The third kappa shape index (κ3) is 4.40. The summed E-state index contributed by atoms with van der Waals surface area (Å²) in [6.07, 6.45) is 1.39. The SMILES string of the molecule is COc1cccc(-c2c(C)n(Cc3c(F)cccc3F)c(=O)n(C[C@H](N)c3ccco3)c2=O)c1F. The van der Waals surface area contributed by atoms with Gasteiger partial charge in [-0.05, 0) is 37.3 Å². The Morgan fingerprint density at radius 2 is 1.69 bits per heavy atom. The third-order valence-corrected chi connectivity index (χ3v) is 5.81. The second-order valence-electron chi connectivity index (χ2n) is 7.89. The minimum Gasteiger partial charge on any atom is -0.494 e. The molecule has 0 unspecified atom stereocenters. The van der Waals surface area contributed by atoms with Crippen LogP contribution in [0.3, 0.4) is 0 Å². The fourth-order valence-electron chi connectivity index (χ4n) is 3.95. The lowest BCUT2D eigenvalue weighted by Gasteiger charge is -2.20. The maximum absolute atomic E-state index is 15.2. The van der Waals surface area contributed by atoms with Crippen molar-refractivity contribution in [2.75, 3.05) is 7.11 Å². The number of rotatable bonds is 7. The molecule has 0 saturated carbocycles. The van der Waals surface area contributed by atoms with Crippen molar-refractivity contribution < 1.29 is 22.3 Å². The van der Waals surface area contributed by atoms with Gasteiger partial charge in [-0.25, -0.2) is 18.0 Å². The van der Waals surface area contributed by atoms with E-state index in [-0.39, 0.29) is 34.7 Å². The van der Waals surface area contributed by atoms with Gasteiger partial charge in [0.2, 0.25) is 0 Å². The van der Waals surface area contributed by atoms with E-state index in [1.165, 1.54) is 44.6 Å². The topological polar surface area (TPSA) is 92.4 Å². The lowest BCUT2D eigenvalue weighted by atomic mass is 10.0. The van der Waals surface area contributed by atoms with Gasteiger partial charge in [0.05, 0.1) is 38.1 Å². The average Bonchev–Trinajstić information content (AvgIpc) is 3.37. The molecule has 2 N–H and O–H groups in total. The van der Waals surface area contributed by atoms with E-state index >= 15 is 4.39 Å². The van der Waals surface area contributed by atoms with E-state index in [4.69, 9.17) is 14.9 Å². The highest BCUT2D eigenvalue weighted by molar-refractivity contribution is 5.67. The van der Waals surface area contributed by atoms with Gasteiger partial charge in [-0.3, -0.25) is 13.9 Å². The van der Waals surface area contributed by atoms with E-state index in [0.29, 0.717) is 5.76 Å². The molecule has 182 valence electrons. The van der Waals surface area contributed by atoms with Crippen molar-refractivity contribution in [2.45, 2.75) is 26.1 Å². The minimum absolute atomic E-state index is 0.0256. The second-order valence-corrected chi connectivity index (χ2v) is 7.89.